The molecule has 2 amide bonds. The summed E-state index contributed by atoms with van der Waals surface area (Å²) in [5.74, 6) is 1.14. The van der Waals surface area contributed by atoms with E-state index in [0.717, 1.165) is 36.7 Å². The topological polar surface area (TPSA) is 52.7 Å². The number of anilines is 1. The molecule has 1 saturated carbocycles. The summed E-state index contributed by atoms with van der Waals surface area (Å²) in [4.78, 5) is 28.1. The number of amides is 2. The minimum Gasteiger partial charge on any atom is -0.351 e. The van der Waals surface area contributed by atoms with Crippen molar-refractivity contribution in [2.24, 2.45) is 5.92 Å². The van der Waals surface area contributed by atoms with E-state index in [0.29, 0.717) is 25.6 Å². The van der Waals surface area contributed by atoms with Gasteiger partial charge in [0.15, 0.2) is 0 Å². The fraction of sp³-hybridized carbons (Fsp3) is 0.579. The molecule has 1 N–H and O–H groups in total. The minimum atomic E-state index is 0.112. The molecular formula is C19H25N3O2. The zero-order chi connectivity index (χ0) is 16.5. The quantitative estimate of drug-likeness (QED) is 0.899. The highest BCUT2D eigenvalue weighted by Crippen LogP contribution is 2.36. The number of carbonyl (C=O) groups excluding carboxylic acids is 2. The van der Waals surface area contributed by atoms with Crippen LogP contribution in [0.2, 0.25) is 0 Å². The Morgan fingerprint density at radius 3 is 2.67 bits per heavy atom. The number of piperidine rings is 1. The third-order valence-electron chi connectivity index (χ3n) is 5.68. The number of likely N-dealkylation sites (tertiary alicyclic amines) is 1. The molecule has 0 unspecified atom stereocenters. The van der Waals surface area contributed by atoms with Crippen molar-refractivity contribution < 1.29 is 9.59 Å². The van der Waals surface area contributed by atoms with Crippen LogP contribution in [0.5, 0.6) is 0 Å². The van der Waals surface area contributed by atoms with Gasteiger partial charge in [-0.25, -0.2) is 0 Å². The van der Waals surface area contributed by atoms with Crippen molar-refractivity contribution in [2.75, 3.05) is 24.5 Å². The Morgan fingerprint density at radius 2 is 2.04 bits per heavy atom. The van der Waals surface area contributed by atoms with E-state index in [2.05, 4.69) is 10.2 Å². The molecule has 5 nitrogen and oxygen atoms in total. The molecule has 4 rings (SSSR count). The molecule has 1 aromatic rings. The number of hydrogen-bond donors (Lipinski definition) is 1. The second-order valence-corrected chi connectivity index (χ2v) is 7.35. The van der Waals surface area contributed by atoms with Gasteiger partial charge in [0.05, 0.1) is 6.54 Å². The van der Waals surface area contributed by atoms with Gasteiger partial charge in [0.25, 0.3) is 0 Å². The van der Waals surface area contributed by atoms with Crippen LogP contribution in [0.1, 0.15) is 37.7 Å². The standard InChI is InChI=1S/C19H25N3O2/c23-18(13-21-12-15-5-8-17(21)10-15)20-11-14-3-6-16(7-4-14)22-9-1-2-19(22)24/h3-4,6-7,15,17H,1-2,5,8-13H2,(H,20,23)/t15-,17+/m0/s1. The van der Waals surface area contributed by atoms with Crippen LogP contribution >= 0.6 is 0 Å². The number of nitrogens with zero attached hydrogens (tertiary/aromatic N) is 2. The summed E-state index contributed by atoms with van der Waals surface area (Å²) in [5, 5.41) is 3.02. The van der Waals surface area contributed by atoms with E-state index in [1.165, 1.54) is 19.3 Å². The summed E-state index contributed by atoms with van der Waals surface area (Å²) in [5.41, 5.74) is 2.03. The average Bonchev–Trinajstić information content (AvgIpc) is 3.30. The highest BCUT2D eigenvalue weighted by atomic mass is 16.2. The molecule has 1 aliphatic carbocycles. The summed E-state index contributed by atoms with van der Waals surface area (Å²) >= 11 is 0. The molecule has 5 heteroatoms. The maximum absolute atomic E-state index is 12.2. The Morgan fingerprint density at radius 1 is 1.21 bits per heavy atom. The normalized spacial score (nSPS) is 26.3. The van der Waals surface area contributed by atoms with E-state index < -0.39 is 0 Å². The zero-order valence-electron chi connectivity index (χ0n) is 14.0. The first-order chi connectivity index (χ1) is 11.7. The Balaban J connectivity index is 1.26. The highest BCUT2D eigenvalue weighted by Gasteiger charge is 2.38. The van der Waals surface area contributed by atoms with Crippen molar-refractivity contribution >= 4 is 17.5 Å². The number of rotatable bonds is 5. The molecule has 2 atom stereocenters. The van der Waals surface area contributed by atoms with Gasteiger partial charge in [-0.2, -0.15) is 0 Å². The fourth-order valence-electron chi connectivity index (χ4n) is 4.38. The molecular weight excluding hydrogens is 302 g/mol. The summed E-state index contributed by atoms with van der Waals surface area (Å²) in [6.07, 6.45) is 5.47. The van der Waals surface area contributed by atoms with Crippen molar-refractivity contribution in [3.05, 3.63) is 29.8 Å². The molecule has 2 bridgehead atoms. The highest BCUT2D eigenvalue weighted by molar-refractivity contribution is 5.95. The summed E-state index contributed by atoms with van der Waals surface area (Å²) in [6.45, 7) is 2.99. The van der Waals surface area contributed by atoms with Gasteiger partial charge in [0.2, 0.25) is 11.8 Å². The third-order valence-corrected chi connectivity index (χ3v) is 5.68. The number of fused-ring (bicyclic) bond motifs is 2. The van der Waals surface area contributed by atoms with E-state index in [4.69, 9.17) is 0 Å². The number of hydrogen-bond acceptors (Lipinski definition) is 3. The maximum atomic E-state index is 12.2. The van der Waals surface area contributed by atoms with Crippen LogP contribution in [-0.2, 0) is 16.1 Å². The molecule has 0 spiro atoms. The Bertz CT molecular complexity index is 628. The van der Waals surface area contributed by atoms with Crippen LogP contribution in [0, 0.1) is 5.92 Å². The predicted molar refractivity (Wildman–Crippen MR) is 92.6 cm³/mol. The second kappa shape index (κ2) is 6.55. The van der Waals surface area contributed by atoms with Gasteiger partial charge in [-0.1, -0.05) is 12.1 Å². The van der Waals surface area contributed by atoms with E-state index in [-0.39, 0.29) is 11.8 Å². The lowest BCUT2D eigenvalue weighted by Gasteiger charge is -2.25. The number of benzene rings is 1. The summed E-state index contributed by atoms with van der Waals surface area (Å²) in [6, 6.07) is 8.59. The maximum Gasteiger partial charge on any atom is 0.234 e. The van der Waals surface area contributed by atoms with Crippen molar-refractivity contribution in [3.8, 4) is 0 Å². The lowest BCUT2D eigenvalue weighted by atomic mass is 10.1. The van der Waals surface area contributed by atoms with Crippen LogP contribution in [0.3, 0.4) is 0 Å². The Kier molecular flexibility index (Phi) is 4.27. The van der Waals surface area contributed by atoms with Gasteiger partial charge in [-0.3, -0.25) is 14.5 Å². The van der Waals surface area contributed by atoms with Crippen LogP contribution in [-0.4, -0.2) is 42.4 Å². The van der Waals surface area contributed by atoms with Gasteiger partial charge >= 0.3 is 0 Å². The van der Waals surface area contributed by atoms with Crippen molar-refractivity contribution in [1.29, 1.82) is 0 Å². The van der Waals surface area contributed by atoms with Gasteiger partial charge in [0.1, 0.15) is 0 Å². The minimum absolute atomic E-state index is 0.112. The molecule has 2 aliphatic heterocycles. The van der Waals surface area contributed by atoms with Crippen molar-refractivity contribution in [3.63, 3.8) is 0 Å². The first-order valence-electron chi connectivity index (χ1n) is 9.09. The van der Waals surface area contributed by atoms with Crippen molar-refractivity contribution in [1.82, 2.24) is 10.2 Å². The molecule has 1 aromatic carbocycles. The van der Waals surface area contributed by atoms with Crippen LogP contribution in [0.15, 0.2) is 24.3 Å². The number of carbonyl (C=O) groups is 2. The zero-order valence-corrected chi connectivity index (χ0v) is 14.0. The summed E-state index contributed by atoms with van der Waals surface area (Å²) < 4.78 is 0. The predicted octanol–water partition coefficient (Wildman–Crippen LogP) is 1.91. The first-order valence-corrected chi connectivity index (χ1v) is 9.09. The molecule has 3 aliphatic rings. The molecule has 2 heterocycles. The lowest BCUT2D eigenvalue weighted by Crippen LogP contribution is -2.40. The Hall–Kier alpha value is -1.88. The van der Waals surface area contributed by atoms with Crippen molar-refractivity contribution in [2.45, 2.75) is 44.7 Å². The second-order valence-electron chi connectivity index (χ2n) is 7.35. The van der Waals surface area contributed by atoms with Gasteiger partial charge in [-0.05, 0) is 49.3 Å². The van der Waals surface area contributed by atoms with Gasteiger partial charge < -0.3 is 10.2 Å². The molecule has 0 aromatic heterocycles. The van der Waals surface area contributed by atoms with Crippen LogP contribution in [0.25, 0.3) is 0 Å². The molecule has 0 radical (unpaired) electrons. The molecule has 2 saturated heterocycles. The Labute approximate surface area is 143 Å². The first kappa shape index (κ1) is 15.6. The van der Waals surface area contributed by atoms with E-state index in [9.17, 15) is 9.59 Å². The molecule has 3 fully saturated rings. The van der Waals surface area contributed by atoms with Gasteiger partial charge in [-0.15, -0.1) is 0 Å². The average molecular weight is 327 g/mol. The van der Waals surface area contributed by atoms with E-state index >= 15 is 0 Å². The fourth-order valence-corrected chi connectivity index (χ4v) is 4.38. The SMILES string of the molecule is O=C(CN1C[C@H]2CC[C@@H]1C2)NCc1ccc(N2CCCC2=O)cc1. The monoisotopic (exact) mass is 327 g/mol. The lowest BCUT2D eigenvalue weighted by molar-refractivity contribution is -0.122. The van der Waals surface area contributed by atoms with Crippen LogP contribution < -0.4 is 10.2 Å². The van der Waals surface area contributed by atoms with Crippen LogP contribution in [0.4, 0.5) is 5.69 Å². The van der Waals surface area contributed by atoms with E-state index in [1.807, 2.05) is 29.2 Å². The van der Waals surface area contributed by atoms with E-state index in [1.54, 1.807) is 0 Å². The number of nitrogens with one attached hydrogen (secondary N) is 1. The van der Waals surface area contributed by atoms with Gasteiger partial charge in [0, 0.05) is 37.8 Å². The third kappa shape index (κ3) is 3.18. The smallest absolute Gasteiger partial charge is 0.234 e. The molecule has 24 heavy (non-hydrogen) atoms. The molecule has 128 valence electrons. The largest absolute Gasteiger partial charge is 0.351 e. The summed E-state index contributed by atoms with van der Waals surface area (Å²) in [7, 11) is 0.